The van der Waals surface area contributed by atoms with E-state index in [-0.39, 0.29) is 22.2 Å². The van der Waals surface area contributed by atoms with E-state index in [0.717, 1.165) is 6.07 Å². The van der Waals surface area contributed by atoms with Crippen molar-refractivity contribution in [2.75, 3.05) is 29.5 Å². The summed E-state index contributed by atoms with van der Waals surface area (Å²) in [7, 11) is 0. The Morgan fingerprint density at radius 1 is 0.933 bits per heavy atom. The minimum absolute atomic E-state index is 0.0453. The van der Waals surface area contributed by atoms with Gasteiger partial charge in [-0.05, 0) is 36.8 Å². The molecule has 30 heavy (non-hydrogen) atoms. The highest BCUT2D eigenvalue weighted by atomic mass is 35.5. The largest absolute Gasteiger partial charge is 0.433 e. The van der Waals surface area contributed by atoms with Crippen molar-refractivity contribution < 1.29 is 13.2 Å². The van der Waals surface area contributed by atoms with E-state index in [1.165, 1.54) is 24.4 Å². The van der Waals surface area contributed by atoms with Gasteiger partial charge in [0, 0.05) is 29.7 Å². The van der Waals surface area contributed by atoms with Crippen LogP contribution in [0.3, 0.4) is 0 Å². The number of hydrogen-bond donors (Lipinski definition) is 3. The summed E-state index contributed by atoms with van der Waals surface area (Å²) < 4.78 is 39.9. The summed E-state index contributed by atoms with van der Waals surface area (Å²) in [5.74, 6) is 0.562. The highest BCUT2D eigenvalue weighted by Gasteiger charge is 2.34. The maximum atomic E-state index is 13.3. The second kappa shape index (κ2) is 9.36. The molecule has 0 fully saturated rings. The van der Waals surface area contributed by atoms with Crippen LogP contribution in [0.4, 0.5) is 30.5 Å². The number of nitrogens with zero attached hydrogens (tertiary/aromatic N) is 3. The Kier molecular flexibility index (Phi) is 6.84. The first-order chi connectivity index (χ1) is 14.2. The van der Waals surface area contributed by atoms with E-state index < -0.39 is 11.9 Å². The van der Waals surface area contributed by atoms with E-state index >= 15 is 0 Å². The average molecular weight is 457 g/mol. The van der Waals surface area contributed by atoms with Gasteiger partial charge in [-0.1, -0.05) is 23.2 Å². The number of nitrogens with one attached hydrogen (secondary N) is 2. The molecule has 0 spiro atoms. The highest BCUT2D eigenvalue weighted by molar-refractivity contribution is 6.36. The lowest BCUT2D eigenvalue weighted by molar-refractivity contribution is -0.141. The molecule has 158 valence electrons. The maximum Gasteiger partial charge on any atom is 0.433 e. The molecule has 0 unspecified atom stereocenters. The fourth-order valence-electron chi connectivity index (χ4n) is 2.51. The standard InChI is InChI=1S/C19H17Cl2F3N6/c20-11-2-4-13(14(21)8-11)18-29-15(19(22,23)24)9-17(30-18)27-7-1-6-26-16-5-3-12(25)10-28-16/h2-5,8-10H,1,6-7,25H2,(H,26,28)(H,27,29,30). The summed E-state index contributed by atoms with van der Waals surface area (Å²) in [6.45, 7) is 0.932. The third-order valence-corrected chi connectivity index (χ3v) is 4.49. The first kappa shape index (κ1) is 21.9. The van der Waals surface area contributed by atoms with Crippen molar-refractivity contribution in [1.29, 1.82) is 0 Å². The van der Waals surface area contributed by atoms with Crippen LogP contribution in [-0.4, -0.2) is 28.0 Å². The lowest BCUT2D eigenvalue weighted by Crippen LogP contribution is -2.14. The molecule has 6 nitrogen and oxygen atoms in total. The van der Waals surface area contributed by atoms with Crippen molar-refractivity contribution in [3.63, 3.8) is 0 Å². The smallest absolute Gasteiger partial charge is 0.397 e. The van der Waals surface area contributed by atoms with Crippen molar-refractivity contribution in [3.05, 3.63) is 58.3 Å². The average Bonchev–Trinajstić information content (AvgIpc) is 2.68. The molecule has 0 aliphatic heterocycles. The van der Waals surface area contributed by atoms with E-state index in [4.69, 9.17) is 28.9 Å². The lowest BCUT2D eigenvalue weighted by Gasteiger charge is -2.13. The van der Waals surface area contributed by atoms with Gasteiger partial charge in [0.25, 0.3) is 0 Å². The first-order valence-electron chi connectivity index (χ1n) is 8.83. The van der Waals surface area contributed by atoms with Crippen LogP contribution >= 0.6 is 23.2 Å². The molecule has 0 saturated heterocycles. The van der Waals surface area contributed by atoms with Crippen LogP contribution in [0, 0.1) is 0 Å². The summed E-state index contributed by atoms with van der Waals surface area (Å²) in [6.07, 6.45) is -2.49. The summed E-state index contributed by atoms with van der Waals surface area (Å²) >= 11 is 12.0. The molecular formula is C19H17Cl2F3N6. The molecule has 0 radical (unpaired) electrons. The third-order valence-electron chi connectivity index (χ3n) is 3.94. The fraction of sp³-hybridized carbons (Fsp3) is 0.211. The molecule has 0 saturated carbocycles. The number of benzene rings is 1. The van der Waals surface area contributed by atoms with Gasteiger partial charge >= 0.3 is 6.18 Å². The molecule has 0 atom stereocenters. The van der Waals surface area contributed by atoms with Crippen LogP contribution in [0.5, 0.6) is 0 Å². The van der Waals surface area contributed by atoms with E-state index in [2.05, 4.69) is 25.6 Å². The predicted octanol–water partition coefficient (Wildman–Crippen LogP) is 5.36. The lowest BCUT2D eigenvalue weighted by atomic mass is 10.2. The zero-order valence-corrected chi connectivity index (χ0v) is 17.0. The number of pyridine rings is 1. The number of alkyl halides is 3. The molecule has 11 heteroatoms. The summed E-state index contributed by atoms with van der Waals surface area (Å²) in [5, 5.41) is 6.51. The molecule has 2 aromatic heterocycles. The molecule has 2 heterocycles. The van der Waals surface area contributed by atoms with Crippen LogP contribution in [0.25, 0.3) is 11.4 Å². The molecule has 3 aromatic rings. The number of anilines is 3. The summed E-state index contributed by atoms with van der Waals surface area (Å²) in [5.41, 5.74) is 5.32. The van der Waals surface area contributed by atoms with Gasteiger partial charge < -0.3 is 16.4 Å². The maximum absolute atomic E-state index is 13.3. The van der Waals surface area contributed by atoms with E-state index in [0.29, 0.717) is 36.0 Å². The van der Waals surface area contributed by atoms with Crippen LogP contribution in [0.1, 0.15) is 12.1 Å². The number of rotatable bonds is 7. The number of aromatic nitrogens is 3. The van der Waals surface area contributed by atoms with Gasteiger partial charge in [0.2, 0.25) is 0 Å². The summed E-state index contributed by atoms with van der Waals surface area (Å²) in [4.78, 5) is 11.9. The Hall–Kier alpha value is -2.78. The van der Waals surface area contributed by atoms with Crippen LogP contribution < -0.4 is 16.4 Å². The number of halogens is 5. The van der Waals surface area contributed by atoms with Crippen molar-refractivity contribution in [3.8, 4) is 11.4 Å². The number of nitrogens with two attached hydrogens (primary N) is 1. The Labute approximate surface area is 180 Å². The highest BCUT2D eigenvalue weighted by Crippen LogP contribution is 2.33. The molecule has 0 aliphatic carbocycles. The van der Waals surface area contributed by atoms with Gasteiger partial charge in [0.05, 0.1) is 16.9 Å². The van der Waals surface area contributed by atoms with Crippen LogP contribution in [0.2, 0.25) is 10.0 Å². The Balaban J connectivity index is 1.69. The molecule has 1 aromatic carbocycles. The second-order valence-corrected chi connectivity index (χ2v) is 7.11. The SMILES string of the molecule is Nc1ccc(NCCCNc2cc(C(F)(F)F)nc(-c3ccc(Cl)cc3Cl)n2)nc1. The zero-order valence-electron chi connectivity index (χ0n) is 15.5. The van der Waals surface area contributed by atoms with Crippen molar-refractivity contribution in [1.82, 2.24) is 15.0 Å². The second-order valence-electron chi connectivity index (χ2n) is 6.27. The van der Waals surface area contributed by atoms with Crippen molar-refractivity contribution in [2.45, 2.75) is 12.6 Å². The van der Waals surface area contributed by atoms with E-state index in [9.17, 15) is 13.2 Å². The minimum Gasteiger partial charge on any atom is -0.397 e. The molecular weight excluding hydrogens is 440 g/mol. The first-order valence-corrected chi connectivity index (χ1v) is 9.59. The van der Waals surface area contributed by atoms with E-state index in [1.807, 2.05) is 0 Å². The van der Waals surface area contributed by atoms with Crippen molar-refractivity contribution >= 4 is 40.5 Å². The van der Waals surface area contributed by atoms with Gasteiger partial charge in [-0.2, -0.15) is 13.2 Å². The quantitative estimate of drug-likeness (QED) is 0.414. The molecule has 0 amide bonds. The monoisotopic (exact) mass is 456 g/mol. The van der Waals surface area contributed by atoms with Crippen LogP contribution in [-0.2, 0) is 6.18 Å². The topological polar surface area (TPSA) is 88.8 Å². The zero-order chi connectivity index (χ0) is 21.7. The Bertz CT molecular complexity index is 1010. The number of nitrogen functional groups attached to an aromatic ring is 1. The molecule has 4 N–H and O–H groups in total. The van der Waals surface area contributed by atoms with Gasteiger partial charge in [0.15, 0.2) is 11.5 Å². The van der Waals surface area contributed by atoms with Crippen molar-refractivity contribution in [2.24, 2.45) is 0 Å². The normalized spacial score (nSPS) is 11.4. The van der Waals surface area contributed by atoms with Gasteiger partial charge in [-0.3, -0.25) is 0 Å². The van der Waals surface area contributed by atoms with Gasteiger partial charge in [-0.25, -0.2) is 15.0 Å². The molecule has 0 aliphatic rings. The van der Waals surface area contributed by atoms with Crippen LogP contribution in [0.15, 0.2) is 42.6 Å². The Morgan fingerprint density at radius 3 is 2.30 bits per heavy atom. The fourth-order valence-corrected chi connectivity index (χ4v) is 3.00. The van der Waals surface area contributed by atoms with Gasteiger partial charge in [0.1, 0.15) is 11.6 Å². The summed E-state index contributed by atoms with van der Waals surface area (Å²) in [6, 6.07) is 8.74. The molecule has 0 bridgehead atoms. The molecule has 3 rings (SSSR count). The van der Waals surface area contributed by atoms with Gasteiger partial charge in [-0.15, -0.1) is 0 Å². The minimum atomic E-state index is -4.63. The van der Waals surface area contributed by atoms with E-state index in [1.54, 1.807) is 12.1 Å². The predicted molar refractivity (Wildman–Crippen MR) is 113 cm³/mol. The number of hydrogen-bond acceptors (Lipinski definition) is 6. The third kappa shape index (κ3) is 5.87. The Morgan fingerprint density at radius 2 is 1.67 bits per heavy atom.